The number of amides is 1. The van der Waals surface area contributed by atoms with E-state index in [9.17, 15) is 4.79 Å². The Bertz CT molecular complexity index is 708. The van der Waals surface area contributed by atoms with Crippen molar-refractivity contribution >= 4 is 21.8 Å². The molecule has 0 fully saturated rings. The third-order valence-electron chi connectivity index (χ3n) is 3.62. The molecule has 0 atom stereocenters. The molecule has 2 aromatic carbocycles. The van der Waals surface area contributed by atoms with Crippen LogP contribution in [0, 0.1) is 0 Å². The minimum absolute atomic E-state index is 0.134. The van der Waals surface area contributed by atoms with Crippen LogP contribution in [0.25, 0.3) is 0 Å². The highest BCUT2D eigenvalue weighted by molar-refractivity contribution is 9.10. The van der Waals surface area contributed by atoms with E-state index in [-0.39, 0.29) is 5.91 Å². The van der Waals surface area contributed by atoms with Crippen molar-refractivity contribution in [2.45, 2.75) is 6.54 Å². The van der Waals surface area contributed by atoms with E-state index in [4.69, 9.17) is 14.2 Å². The topological polar surface area (TPSA) is 48.0 Å². The third kappa shape index (κ3) is 3.82. The summed E-state index contributed by atoms with van der Waals surface area (Å²) in [4.78, 5) is 14.4. The Kier molecular flexibility index (Phi) is 6.09. The summed E-state index contributed by atoms with van der Waals surface area (Å²) >= 11 is 3.50. The first-order valence-electron chi connectivity index (χ1n) is 7.30. The fourth-order valence-electron chi connectivity index (χ4n) is 2.38. The van der Waals surface area contributed by atoms with Crippen LogP contribution in [0.15, 0.2) is 40.9 Å². The van der Waals surface area contributed by atoms with E-state index in [0.717, 1.165) is 10.0 Å². The zero-order valence-corrected chi connectivity index (χ0v) is 15.7. The van der Waals surface area contributed by atoms with Gasteiger partial charge < -0.3 is 19.1 Å². The second-order valence-electron chi connectivity index (χ2n) is 5.17. The number of carbonyl (C=O) groups excluding carboxylic acids is 1. The average molecular weight is 394 g/mol. The van der Waals surface area contributed by atoms with Crippen LogP contribution in [0.3, 0.4) is 0 Å². The number of methoxy groups -OCH3 is 3. The number of carbonyl (C=O) groups is 1. The first-order chi connectivity index (χ1) is 11.5. The van der Waals surface area contributed by atoms with Gasteiger partial charge in [-0.05, 0) is 23.8 Å². The summed E-state index contributed by atoms with van der Waals surface area (Å²) in [6, 6.07) is 11.1. The first-order valence-corrected chi connectivity index (χ1v) is 8.10. The predicted octanol–water partition coefficient (Wildman–Crippen LogP) is 3.75. The van der Waals surface area contributed by atoms with Gasteiger partial charge in [0.2, 0.25) is 5.75 Å². The van der Waals surface area contributed by atoms with Crippen molar-refractivity contribution in [2.24, 2.45) is 0 Å². The van der Waals surface area contributed by atoms with Gasteiger partial charge >= 0.3 is 0 Å². The molecule has 0 heterocycles. The standard InChI is InChI=1S/C18H20BrNO4/c1-20(11-12-7-5-6-8-14(12)19)18(21)13-9-15(22-2)17(24-4)16(10-13)23-3/h5-10H,11H2,1-4H3. The van der Waals surface area contributed by atoms with Crippen molar-refractivity contribution < 1.29 is 19.0 Å². The number of hydrogen-bond acceptors (Lipinski definition) is 4. The summed E-state index contributed by atoms with van der Waals surface area (Å²) < 4.78 is 16.9. The van der Waals surface area contributed by atoms with Crippen molar-refractivity contribution in [1.29, 1.82) is 0 Å². The van der Waals surface area contributed by atoms with Crippen molar-refractivity contribution in [3.63, 3.8) is 0 Å². The molecular weight excluding hydrogens is 374 g/mol. The van der Waals surface area contributed by atoms with Crippen molar-refractivity contribution in [3.05, 3.63) is 52.0 Å². The molecule has 0 unspecified atom stereocenters. The highest BCUT2D eigenvalue weighted by Crippen LogP contribution is 2.38. The molecule has 128 valence electrons. The molecule has 0 saturated heterocycles. The Labute approximate surface area is 150 Å². The summed E-state index contributed by atoms with van der Waals surface area (Å²) in [5.41, 5.74) is 1.50. The second kappa shape index (κ2) is 8.06. The molecule has 0 aliphatic carbocycles. The quantitative estimate of drug-likeness (QED) is 0.749. The highest BCUT2D eigenvalue weighted by atomic mass is 79.9. The Morgan fingerprint density at radius 1 is 1.04 bits per heavy atom. The summed E-state index contributed by atoms with van der Waals surface area (Å²) in [7, 11) is 6.33. The minimum atomic E-state index is -0.134. The Hall–Kier alpha value is -2.21. The predicted molar refractivity (Wildman–Crippen MR) is 96.0 cm³/mol. The van der Waals surface area contributed by atoms with Crippen LogP contribution >= 0.6 is 15.9 Å². The zero-order chi connectivity index (χ0) is 17.7. The minimum Gasteiger partial charge on any atom is -0.493 e. The molecule has 0 spiro atoms. The highest BCUT2D eigenvalue weighted by Gasteiger charge is 2.19. The monoisotopic (exact) mass is 393 g/mol. The van der Waals surface area contributed by atoms with E-state index >= 15 is 0 Å². The van der Waals surface area contributed by atoms with Crippen LogP contribution in [0.1, 0.15) is 15.9 Å². The maximum atomic E-state index is 12.8. The maximum Gasteiger partial charge on any atom is 0.254 e. The molecule has 1 amide bonds. The van der Waals surface area contributed by atoms with Crippen molar-refractivity contribution in [3.8, 4) is 17.2 Å². The zero-order valence-electron chi connectivity index (χ0n) is 14.1. The summed E-state index contributed by atoms with van der Waals surface area (Å²) in [5.74, 6) is 1.24. The van der Waals surface area contributed by atoms with Gasteiger partial charge in [-0.1, -0.05) is 34.1 Å². The van der Waals surface area contributed by atoms with E-state index in [1.54, 1.807) is 24.1 Å². The molecule has 0 radical (unpaired) electrons. The van der Waals surface area contributed by atoms with Gasteiger partial charge in [-0.15, -0.1) is 0 Å². The average Bonchev–Trinajstić information content (AvgIpc) is 2.61. The normalized spacial score (nSPS) is 10.2. The first kappa shape index (κ1) is 18.1. The van der Waals surface area contributed by atoms with Crippen molar-refractivity contribution in [2.75, 3.05) is 28.4 Å². The second-order valence-corrected chi connectivity index (χ2v) is 6.02. The molecule has 0 aliphatic rings. The van der Waals surface area contributed by atoms with Crippen molar-refractivity contribution in [1.82, 2.24) is 4.90 Å². The van der Waals surface area contributed by atoms with Gasteiger partial charge in [-0.25, -0.2) is 0 Å². The van der Waals surface area contributed by atoms with Gasteiger partial charge in [0, 0.05) is 23.6 Å². The van der Waals surface area contributed by atoms with Crippen LogP contribution in [0.5, 0.6) is 17.2 Å². The van der Waals surface area contributed by atoms with Gasteiger partial charge in [0.25, 0.3) is 5.91 Å². The van der Waals surface area contributed by atoms with Crippen LogP contribution < -0.4 is 14.2 Å². The van der Waals surface area contributed by atoms with Crippen LogP contribution in [0.2, 0.25) is 0 Å². The number of nitrogens with zero attached hydrogens (tertiary/aromatic N) is 1. The molecule has 0 saturated carbocycles. The molecule has 6 heteroatoms. The van der Waals surface area contributed by atoms with E-state index in [1.165, 1.54) is 21.3 Å². The van der Waals surface area contributed by atoms with Crippen LogP contribution in [-0.4, -0.2) is 39.2 Å². The lowest BCUT2D eigenvalue weighted by molar-refractivity contribution is 0.0784. The van der Waals surface area contributed by atoms with Gasteiger partial charge in [0.05, 0.1) is 21.3 Å². The fourth-order valence-corrected chi connectivity index (χ4v) is 2.79. The molecule has 2 aromatic rings. The molecule has 5 nitrogen and oxygen atoms in total. The maximum absolute atomic E-state index is 12.8. The largest absolute Gasteiger partial charge is 0.493 e. The van der Waals surface area contributed by atoms with E-state index in [0.29, 0.717) is 29.4 Å². The van der Waals surface area contributed by atoms with Gasteiger partial charge in [0.15, 0.2) is 11.5 Å². The molecule has 0 N–H and O–H groups in total. The SMILES string of the molecule is COc1cc(C(=O)N(C)Cc2ccccc2Br)cc(OC)c1OC. The van der Waals surface area contributed by atoms with E-state index in [2.05, 4.69) is 15.9 Å². The molecule has 2 rings (SSSR count). The smallest absolute Gasteiger partial charge is 0.254 e. The number of ether oxygens (including phenoxy) is 3. The Morgan fingerprint density at radius 2 is 1.62 bits per heavy atom. The lowest BCUT2D eigenvalue weighted by atomic mass is 10.1. The van der Waals surface area contributed by atoms with Gasteiger partial charge in [-0.3, -0.25) is 4.79 Å². The lowest BCUT2D eigenvalue weighted by Gasteiger charge is -2.20. The molecular formula is C18H20BrNO4. The van der Waals surface area contributed by atoms with Gasteiger partial charge in [-0.2, -0.15) is 0 Å². The molecule has 0 aromatic heterocycles. The third-order valence-corrected chi connectivity index (χ3v) is 4.40. The number of halogens is 1. The van der Waals surface area contributed by atoms with E-state index < -0.39 is 0 Å². The molecule has 0 bridgehead atoms. The van der Waals surface area contributed by atoms with Crippen LogP contribution in [-0.2, 0) is 6.54 Å². The number of rotatable bonds is 6. The Morgan fingerprint density at radius 3 is 2.12 bits per heavy atom. The van der Waals surface area contributed by atoms with Gasteiger partial charge in [0.1, 0.15) is 0 Å². The summed E-state index contributed by atoms with van der Waals surface area (Å²) in [5, 5.41) is 0. The fraction of sp³-hybridized carbons (Fsp3) is 0.278. The Balaban J connectivity index is 2.30. The molecule has 0 aliphatic heterocycles. The van der Waals surface area contributed by atoms with Crippen LogP contribution in [0.4, 0.5) is 0 Å². The van der Waals surface area contributed by atoms with E-state index in [1.807, 2.05) is 24.3 Å². The number of hydrogen-bond donors (Lipinski definition) is 0. The summed E-state index contributed by atoms with van der Waals surface area (Å²) in [6.07, 6.45) is 0. The lowest BCUT2D eigenvalue weighted by Crippen LogP contribution is -2.26. The molecule has 24 heavy (non-hydrogen) atoms. The number of benzene rings is 2. The summed E-state index contributed by atoms with van der Waals surface area (Å²) in [6.45, 7) is 0.483.